The molecule has 17 heavy (non-hydrogen) atoms. The fourth-order valence-electron chi connectivity index (χ4n) is 2.40. The zero-order valence-corrected chi connectivity index (χ0v) is 10.5. The minimum absolute atomic E-state index is 0.246. The lowest BCUT2D eigenvalue weighted by molar-refractivity contribution is 0.269. The van der Waals surface area contributed by atoms with E-state index in [0.29, 0.717) is 5.92 Å². The second kappa shape index (κ2) is 5.41. The van der Waals surface area contributed by atoms with Crippen molar-refractivity contribution in [3.8, 4) is 11.5 Å². The maximum absolute atomic E-state index is 9.15. The average molecular weight is 236 g/mol. The Kier molecular flexibility index (Phi) is 3.89. The zero-order valence-electron chi connectivity index (χ0n) is 10.5. The molecule has 1 aliphatic rings. The number of ether oxygens (including phenoxy) is 2. The van der Waals surface area contributed by atoms with Crippen molar-refractivity contribution in [3.05, 3.63) is 23.8 Å². The summed E-state index contributed by atoms with van der Waals surface area (Å²) in [4.78, 5) is 0. The minimum atomic E-state index is 0.246. The number of hydrogen-bond donors (Lipinski definition) is 1. The Bertz CT molecular complexity index is 372. The van der Waals surface area contributed by atoms with Crippen molar-refractivity contribution in [1.82, 2.24) is 0 Å². The maximum atomic E-state index is 9.15. The van der Waals surface area contributed by atoms with E-state index in [2.05, 4.69) is 6.07 Å². The zero-order chi connectivity index (χ0) is 12.3. The molecular formula is C14H20O3. The molecule has 1 saturated carbocycles. The van der Waals surface area contributed by atoms with Gasteiger partial charge in [0.15, 0.2) is 11.5 Å². The van der Waals surface area contributed by atoms with Crippen LogP contribution < -0.4 is 9.47 Å². The van der Waals surface area contributed by atoms with Gasteiger partial charge in [0.05, 0.1) is 14.2 Å². The van der Waals surface area contributed by atoms with Gasteiger partial charge in [0.25, 0.3) is 0 Å². The van der Waals surface area contributed by atoms with Gasteiger partial charge in [-0.3, -0.25) is 0 Å². The van der Waals surface area contributed by atoms with Gasteiger partial charge in [-0.05, 0) is 48.8 Å². The summed E-state index contributed by atoms with van der Waals surface area (Å²) >= 11 is 0. The molecule has 1 aliphatic carbocycles. The number of hydrogen-bond acceptors (Lipinski definition) is 3. The molecule has 0 spiro atoms. The van der Waals surface area contributed by atoms with Crippen LogP contribution in [0.4, 0.5) is 0 Å². The molecule has 1 unspecified atom stereocenters. The summed E-state index contributed by atoms with van der Waals surface area (Å²) in [5.41, 5.74) is 1.25. The lowest BCUT2D eigenvalue weighted by Gasteiger charge is -2.17. The third-order valence-corrected chi connectivity index (χ3v) is 3.47. The summed E-state index contributed by atoms with van der Waals surface area (Å²) in [5, 5.41) is 9.15. The maximum Gasteiger partial charge on any atom is 0.160 e. The number of rotatable bonds is 6. The second-order valence-corrected chi connectivity index (χ2v) is 4.57. The van der Waals surface area contributed by atoms with Crippen molar-refractivity contribution >= 4 is 0 Å². The van der Waals surface area contributed by atoms with Crippen LogP contribution in [-0.2, 0) is 0 Å². The first-order valence-corrected chi connectivity index (χ1v) is 6.13. The summed E-state index contributed by atoms with van der Waals surface area (Å²) < 4.78 is 10.6. The van der Waals surface area contributed by atoms with Gasteiger partial charge >= 0.3 is 0 Å². The average Bonchev–Trinajstić information content (AvgIpc) is 3.19. The Labute approximate surface area is 102 Å². The quantitative estimate of drug-likeness (QED) is 0.825. The predicted octanol–water partition coefficient (Wildman–Crippen LogP) is 2.58. The molecule has 3 nitrogen and oxygen atoms in total. The summed E-state index contributed by atoms with van der Waals surface area (Å²) in [6, 6.07) is 6.07. The normalized spacial score (nSPS) is 16.6. The monoisotopic (exact) mass is 236 g/mol. The lowest BCUT2D eigenvalue weighted by atomic mass is 9.91. The first-order chi connectivity index (χ1) is 8.30. The van der Waals surface area contributed by atoms with E-state index in [9.17, 15) is 0 Å². The van der Waals surface area contributed by atoms with Crippen LogP contribution in [-0.4, -0.2) is 25.9 Å². The van der Waals surface area contributed by atoms with Crippen LogP contribution in [0.5, 0.6) is 11.5 Å². The van der Waals surface area contributed by atoms with Gasteiger partial charge in [-0.15, -0.1) is 0 Å². The van der Waals surface area contributed by atoms with Crippen molar-refractivity contribution in [1.29, 1.82) is 0 Å². The van der Waals surface area contributed by atoms with E-state index in [1.165, 1.54) is 18.4 Å². The van der Waals surface area contributed by atoms with Crippen LogP contribution >= 0.6 is 0 Å². The third kappa shape index (κ3) is 2.72. The second-order valence-electron chi connectivity index (χ2n) is 4.57. The highest BCUT2D eigenvalue weighted by molar-refractivity contribution is 5.44. The van der Waals surface area contributed by atoms with Crippen LogP contribution in [0.15, 0.2) is 18.2 Å². The lowest BCUT2D eigenvalue weighted by Crippen LogP contribution is -2.04. The van der Waals surface area contributed by atoms with E-state index in [0.717, 1.165) is 23.8 Å². The fourth-order valence-corrected chi connectivity index (χ4v) is 2.40. The van der Waals surface area contributed by atoms with E-state index in [1.54, 1.807) is 14.2 Å². The largest absolute Gasteiger partial charge is 0.493 e. The highest BCUT2D eigenvalue weighted by Gasteiger charge is 2.32. The van der Waals surface area contributed by atoms with E-state index in [1.807, 2.05) is 12.1 Å². The highest BCUT2D eigenvalue weighted by atomic mass is 16.5. The number of aliphatic hydroxyl groups is 1. The molecule has 2 rings (SSSR count). The molecule has 0 aliphatic heterocycles. The summed E-state index contributed by atoms with van der Waals surface area (Å²) in [7, 11) is 3.30. The van der Waals surface area contributed by atoms with Crippen molar-refractivity contribution in [2.75, 3.05) is 20.8 Å². The Morgan fingerprint density at radius 1 is 1.24 bits per heavy atom. The number of methoxy groups -OCH3 is 2. The Balaban J connectivity index is 2.24. The first-order valence-electron chi connectivity index (χ1n) is 6.13. The standard InChI is InChI=1S/C14H20O3/c1-16-13-6-5-11(9-14(13)17-2)12(7-8-15)10-3-4-10/h5-6,9-10,12,15H,3-4,7-8H2,1-2H3. The van der Waals surface area contributed by atoms with Gasteiger partial charge < -0.3 is 14.6 Å². The molecule has 1 atom stereocenters. The predicted molar refractivity (Wildman–Crippen MR) is 66.7 cm³/mol. The van der Waals surface area contributed by atoms with Gasteiger partial charge in [0, 0.05) is 6.61 Å². The van der Waals surface area contributed by atoms with E-state index >= 15 is 0 Å². The molecule has 1 fully saturated rings. The fraction of sp³-hybridized carbons (Fsp3) is 0.571. The topological polar surface area (TPSA) is 38.7 Å². The molecule has 0 saturated heterocycles. The molecule has 0 heterocycles. The molecule has 0 bridgehead atoms. The van der Waals surface area contributed by atoms with Crippen molar-refractivity contribution < 1.29 is 14.6 Å². The van der Waals surface area contributed by atoms with Crippen LogP contribution in [0.1, 0.15) is 30.7 Å². The van der Waals surface area contributed by atoms with E-state index < -0.39 is 0 Å². The SMILES string of the molecule is COc1ccc(C(CCO)C2CC2)cc1OC. The minimum Gasteiger partial charge on any atom is -0.493 e. The number of benzene rings is 1. The smallest absolute Gasteiger partial charge is 0.160 e. The molecule has 1 aromatic rings. The molecule has 1 aromatic carbocycles. The van der Waals surface area contributed by atoms with Crippen molar-refractivity contribution in [2.45, 2.75) is 25.2 Å². The van der Waals surface area contributed by atoms with Crippen molar-refractivity contribution in [3.63, 3.8) is 0 Å². The van der Waals surface area contributed by atoms with Crippen LogP contribution in [0.2, 0.25) is 0 Å². The molecule has 0 radical (unpaired) electrons. The summed E-state index contributed by atoms with van der Waals surface area (Å²) in [6.45, 7) is 0.246. The van der Waals surface area contributed by atoms with Gasteiger partial charge in [0.2, 0.25) is 0 Å². The molecule has 3 heteroatoms. The third-order valence-electron chi connectivity index (χ3n) is 3.47. The highest BCUT2D eigenvalue weighted by Crippen LogP contribution is 2.45. The molecular weight excluding hydrogens is 216 g/mol. The van der Waals surface area contributed by atoms with E-state index in [-0.39, 0.29) is 6.61 Å². The molecule has 0 amide bonds. The molecule has 94 valence electrons. The van der Waals surface area contributed by atoms with Crippen LogP contribution in [0.3, 0.4) is 0 Å². The number of aliphatic hydroxyl groups excluding tert-OH is 1. The van der Waals surface area contributed by atoms with Crippen molar-refractivity contribution in [2.24, 2.45) is 5.92 Å². The summed E-state index contributed by atoms with van der Waals surface area (Å²) in [6.07, 6.45) is 3.39. The summed E-state index contributed by atoms with van der Waals surface area (Å²) in [5.74, 6) is 2.73. The first kappa shape index (κ1) is 12.2. The Hall–Kier alpha value is -1.22. The Morgan fingerprint density at radius 2 is 1.94 bits per heavy atom. The van der Waals surface area contributed by atoms with E-state index in [4.69, 9.17) is 14.6 Å². The molecule has 1 N–H and O–H groups in total. The van der Waals surface area contributed by atoms with Crippen LogP contribution in [0, 0.1) is 5.92 Å². The van der Waals surface area contributed by atoms with Gasteiger partial charge in [-0.1, -0.05) is 6.07 Å². The van der Waals surface area contributed by atoms with Gasteiger partial charge in [0.1, 0.15) is 0 Å². The Morgan fingerprint density at radius 3 is 2.47 bits per heavy atom. The van der Waals surface area contributed by atoms with Gasteiger partial charge in [-0.2, -0.15) is 0 Å². The van der Waals surface area contributed by atoms with Crippen LogP contribution in [0.25, 0.3) is 0 Å². The molecule has 0 aromatic heterocycles. The van der Waals surface area contributed by atoms with Gasteiger partial charge in [-0.25, -0.2) is 0 Å².